The monoisotopic (exact) mass is 484 g/mol. The SMILES string of the molecule is Cl/C=C/CC[C@H]1CC[C@H](C2CCC(c3ccc(-c4ccc(Br)cc4)cc3)CC2)CC1. The van der Waals surface area contributed by atoms with Crippen molar-refractivity contribution in [3.8, 4) is 11.1 Å². The molecule has 2 fully saturated rings. The van der Waals surface area contributed by atoms with Crippen molar-refractivity contribution in [1.82, 2.24) is 0 Å². The van der Waals surface area contributed by atoms with Crippen molar-refractivity contribution < 1.29 is 0 Å². The van der Waals surface area contributed by atoms with Crippen molar-refractivity contribution in [2.75, 3.05) is 0 Å². The third kappa shape index (κ3) is 5.80. The Labute approximate surface area is 196 Å². The number of hydrogen-bond donors (Lipinski definition) is 0. The minimum Gasteiger partial charge on any atom is -0.0933 e. The van der Waals surface area contributed by atoms with Gasteiger partial charge in [0.05, 0.1) is 0 Å². The van der Waals surface area contributed by atoms with E-state index < -0.39 is 0 Å². The van der Waals surface area contributed by atoms with E-state index in [1.165, 1.54) is 68.9 Å². The zero-order valence-corrected chi connectivity index (χ0v) is 20.3. The minimum atomic E-state index is 0.763. The van der Waals surface area contributed by atoms with E-state index in [1.807, 2.05) is 0 Å². The van der Waals surface area contributed by atoms with Gasteiger partial charge in [-0.05, 0) is 104 Å². The van der Waals surface area contributed by atoms with E-state index in [9.17, 15) is 0 Å². The van der Waals surface area contributed by atoms with Crippen molar-refractivity contribution in [1.29, 1.82) is 0 Å². The molecule has 0 N–H and O–H groups in total. The molecule has 0 spiro atoms. The van der Waals surface area contributed by atoms with Crippen LogP contribution in [0.1, 0.15) is 75.7 Å². The van der Waals surface area contributed by atoms with Gasteiger partial charge in [-0.2, -0.15) is 0 Å². The van der Waals surface area contributed by atoms with E-state index in [-0.39, 0.29) is 0 Å². The molecular formula is C28H34BrCl. The number of rotatable bonds is 6. The van der Waals surface area contributed by atoms with Gasteiger partial charge in [-0.3, -0.25) is 0 Å². The molecule has 2 aliphatic rings. The van der Waals surface area contributed by atoms with Crippen LogP contribution < -0.4 is 0 Å². The van der Waals surface area contributed by atoms with Crippen molar-refractivity contribution in [2.45, 2.75) is 70.1 Å². The van der Waals surface area contributed by atoms with Gasteiger partial charge in [0.1, 0.15) is 0 Å². The van der Waals surface area contributed by atoms with E-state index in [0.29, 0.717) is 0 Å². The predicted octanol–water partition coefficient (Wildman–Crippen LogP) is 9.73. The topological polar surface area (TPSA) is 0 Å². The van der Waals surface area contributed by atoms with Gasteiger partial charge in [0.15, 0.2) is 0 Å². The molecular weight excluding hydrogens is 452 g/mol. The van der Waals surface area contributed by atoms with Crippen molar-refractivity contribution in [2.24, 2.45) is 17.8 Å². The third-order valence-corrected chi connectivity index (χ3v) is 8.43. The van der Waals surface area contributed by atoms with Crippen LogP contribution >= 0.6 is 27.5 Å². The first-order valence-electron chi connectivity index (χ1n) is 11.8. The molecule has 2 saturated carbocycles. The number of halogens is 2. The predicted molar refractivity (Wildman–Crippen MR) is 134 cm³/mol. The van der Waals surface area contributed by atoms with Crippen LogP contribution in [0.15, 0.2) is 64.6 Å². The largest absolute Gasteiger partial charge is 0.0933 e. The van der Waals surface area contributed by atoms with Gasteiger partial charge in [0.25, 0.3) is 0 Å². The second-order valence-electron chi connectivity index (χ2n) is 9.46. The summed E-state index contributed by atoms with van der Waals surface area (Å²) in [5, 5.41) is 0. The zero-order chi connectivity index (χ0) is 20.8. The van der Waals surface area contributed by atoms with Gasteiger partial charge < -0.3 is 0 Å². The third-order valence-electron chi connectivity index (χ3n) is 7.72. The van der Waals surface area contributed by atoms with Crippen LogP contribution in [0.25, 0.3) is 11.1 Å². The number of allylic oxidation sites excluding steroid dienone is 1. The highest BCUT2D eigenvalue weighted by molar-refractivity contribution is 9.10. The molecule has 0 aliphatic heterocycles. The quantitative estimate of drug-likeness (QED) is 0.382. The Kier molecular flexibility index (Phi) is 8.13. The van der Waals surface area contributed by atoms with Crippen LogP contribution in [0.4, 0.5) is 0 Å². The van der Waals surface area contributed by atoms with E-state index in [1.54, 1.807) is 11.1 Å². The highest BCUT2D eigenvalue weighted by Gasteiger charge is 2.31. The van der Waals surface area contributed by atoms with Gasteiger partial charge in [-0.25, -0.2) is 0 Å². The Balaban J connectivity index is 1.25. The molecule has 2 aliphatic carbocycles. The molecule has 2 heteroatoms. The van der Waals surface area contributed by atoms with Crippen LogP contribution in [0.5, 0.6) is 0 Å². The Hall–Kier alpha value is -1.05. The normalized spacial score (nSPS) is 27.4. The molecule has 2 aromatic rings. The summed E-state index contributed by atoms with van der Waals surface area (Å²) < 4.78 is 1.14. The summed E-state index contributed by atoms with van der Waals surface area (Å²) in [5.41, 5.74) is 5.84. The van der Waals surface area contributed by atoms with E-state index >= 15 is 0 Å². The summed E-state index contributed by atoms with van der Waals surface area (Å²) in [5.74, 6) is 3.67. The molecule has 30 heavy (non-hydrogen) atoms. The van der Waals surface area contributed by atoms with Crippen LogP contribution in [0, 0.1) is 17.8 Å². The number of hydrogen-bond acceptors (Lipinski definition) is 0. The molecule has 4 rings (SSSR count). The molecule has 160 valence electrons. The summed E-state index contributed by atoms with van der Waals surface area (Å²) >= 11 is 9.18. The van der Waals surface area contributed by atoms with Crippen LogP contribution in [0.3, 0.4) is 0 Å². The molecule has 0 radical (unpaired) electrons. The fourth-order valence-electron chi connectivity index (χ4n) is 5.86. The number of benzene rings is 2. The maximum absolute atomic E-state index is 5.66. The fraction of sp³-hybridized carbons (Fsp3) is 0.500. The average Bonchev–Trinajstić information content (AvgIpc) is 2.81. The summed E-state index contributed by atoms with van der Waals surface area (Å²) in [4.78, 5) is 0. The van der Waals surface area contributed by atoms with Crippen molar-refractivity contribution in [3.05, 3.63) is 70.2 Å². The zero-order valence-electron chi connectivity index (χ0n) is 17.9. The second kappa shape index (κ2) is 11.0. The van der Waals surface area contributed by atoms with Crippen LogP contribution in [-0.4, -0.2) is 0 Å². The van der Waals surface area contributed by atoms with Gasteiger partial charge >= 0.3 is 0 Å². The Morgan fingerprint density at radius 3 is 1.83 bits per heavy atom. The molecule has 0 amide bonds. The smallest absolute Gasteiger partial charge is 0.0175 e. The Morgan fingerprint density at radius 2 is 1.27 bits per heavy atom. The minimum absolute atomic E-state index is 0.763. The molecule has 0 heterocycles. The molecule has 0 aromatic heterocycles. The molecule has 0 bridgehead atoms. The van der Waals surface area contributed by atoms with Gasteiger partial charge in [0.2, 0.25) is 0 Å². The fourth-order valence-corrected chi connectivity index (χ4v) is 6.25. The molecule has 0 saturated heterocycles. The van der Waals surface area contributed by atoms with Crippen LogP contribution in [-0.2, 0) is 0 Å². The maximum atomic E-state index is 5.66. The van der Waals surface area contributed by atoms with E-state index in [0.717, 1.165) is 34.6 Å². The first-order chi connectivity index (χ1) is 14.7. The second-order valence-corrected chi connectivity index (χ2v) is 10.6. The van der Waals surface area contributed by atoms with E-state index in [4.69, 9.17) is 11.6 Å². The van der Waals surface area contributed by atoms with Crippen LogP contribution in [0.2, 0.25) is 0 Å². The summed E-state index contributed by atoms with van der Waals surface area (Å²) in [7, 11) is 0. The molecule has 0 atom stereocenters. The Bertz CT molecular complexity index is 792. The van der Waals surface area contributed by atoms with Gasteiger partial charge in [-0.1, -0.05) is 82.8 Å². The van der Waals surface area contributed by atoms with Gasteiger partial charge in [0, 0.05) is 10.0 Å². The molecule has 0 unspecified atom stereocenters. The highest BCUT2D eigenvalue weighted by atomic mass is 79.9. The lowest BCUT2D eigenvalue weighted by Gasteiger charge is -2.38. The lowest BCUT2D eigenvalue weighted by Crippen LogP contribution is -2.25. The standard InChI is InChI=1S/C28H34BrCl/c29-28-18-16-27(17-19-28)26-14-12-25(13-15-26)24-10-8-23(9-11-24)22-6-4-21(5-7-22)3-1-2-20-30/h2,12-24H,1,3-11H2/b20-2+/t21-,22-,23?,24?. The van der Waals surface area contributed by atoms with Crippen molar-refractivity contribution in [3.63, 3.8) is 0 Å². The lowest BCUT2D eigenvalue weighted by molar-refractivity contribution is 0.157. The summed E-state index contributed by atoms with van der Waals surface area (Å²) in [6, 6.07) is 18.0. The maximum Gasteiger partial charge on any atom is 0.0175 e. The first kappa shape index (κ1) is 22.2. The summed E-state index contributed by atoms with van der Waals surface area (Å²) in [6.45, 7) is 0. The van der Waals surface area contributed by atoms with E-state index in [2.05, 4.69) is 70.5 Å². The average molecular weight is 486 g/mol. The lowest BCUT2D eigenvalue weighted by atomic mass is 9.68. The first-order valence-corrected chi connectivity index (χ1v) is 13.1. The van der Waals surface area contributed by atoms with Gasteiger partial charge in [-0.15, -0.1) is 0 Å². The molecule has 0 nitrogen and oxygen atoms in total. The molecule has 2 aromatic carbocycles. The Morgan fingerprint density at radius 1 is 0.733 bits per heavy atom. The summed E-state index contributed by atoms with van der Waals surface area (Å²) in [6.07, 6.45) is 16.0. The highest BCUT2D eigenvalue weighted by Crippen LogP contribution is 2.44. The van der Waals surface area contributed by atoms with Crippen molar-refractivity contribution >= 4 is 27.5 Å².